The number of nitrogens with one attached hydrogen (secondary N) is 1. The molecule has 1 heterocycles. The largest absolute Gasteiger partial charge is 0.416 e. The molecular weight excluding hydrogens is 267 g/mol. The van der Waals surface area contributed by atoms with E-state index < -0.39 is 17.8 Å². The average molecular weight is 287 g/mol. The molecule has 1 aliphatic heterocycles. The minimum Gasteiger partial charge on any atom is -0.368 e. The second-order valence-electron chi connectivity index (χ2n) is 5.62. The monoisotopic (exact) mass is 287 g/mol. The molecule has 2 rings (SSSR count). The number of ether oxygens (including phenoxy) is 1. The van der Waals surface area contributed by atoms with Crippen LogP contribution in [0.3, 0.4) is 0 Å². The van der Waals surface area contributed by atoms with E-state index in [9.17, 15) is 13.2 Å². The van der Waals surface area contributed by atoms with Crippen LogP contribution in [0.4, 0.5) is 13.2 Å². The van der Waals surface area contributed by atoms with Crippen molar-refractivity contribution < 1.29 is 17.9 Å². The molecular formula is C15H20F3NO. The quantitative estimate of drug-likeness (QED) is 0.913. The molecule has 1 N–H and O–H groups in total. The van der Waals surface area contributed by atoms with Crippen LogP contribution in [0.1, 0.15) is 37.5 Å². The van der Waals surface area contributed by atoms with Crippen LogP contribution in [-0.4, -0.2) is 19.2 Å². The minimum atomic E-state index is -4.34. The lowest BCUT2D eigenvalue weighted by atomic mass is 9.99. The second kappa shape index (κ2) is 6.14. The van der Waals surface area contributed by atoms with E-state index >= 15 is 0 Å². The molecule has 0 saturated carbocycles. The van der Waals surface area contributed by atoms with E-state index in [1.807, 2.05) is 0 Å². The Morgan fingerprint density at radius 1 is 1.25 bits per heavy atom. The summed E-state index contributed by atoms with van der Waals surface area (Å²) in [5.41, 5.74) is -0.377. The highest BCUT2D eigenvalue weighted by molar-refractivity contribution is 5.32. The summed E-state index contributed by atoms with van der Waals surface area (Å²) in [6, 6.07) is 5.66. The van der Waals surface area contributed by atoms with Crippen molar-refractivity contribution in [2.75, 3.05) is 13.1 Å². The number of hydrogen-bond acceptors (Lipinski definition) is 2. The van der Waals surface area contributed by atoms with Gasteiger partial charge < -0.3 is 10.1 Å². The van der Waals surface area contributed by atoms with Crippen molar-refractivity contribution in [1.29, 1.82) is 0 Å². The number of halogens is 3. The van der Waals surface area contributed by atoms with E-state index in [0.717, 1.165) is 12.5 Å². The summed E-state index contributed by atoms with van der Waals surface area (Å²) in [6.45, 7) is 5.28. The molecule has 2 nitrogen and oxygen atoms in total. The fourth-order valence-corrected chi connectivity index (χ4v) is 2.59. The molecule has 1 aromatic rings. The highest BCUT2D eigenvalue weighted by atomic mass is 19.4. The van der Waals surface area contributed by atoms with Gasteiger partial charge >= 0.3 is 6.18 Å². The molecule has 0 aliphatic carbocycles. The third kappa shape index (κ3) is 3.73. The first-order chi connectivity index (χ1) is 9.38. The molecule has 20 heavy (non-hydrogen) atoms. The van der Waals surface area contributed by atoms with Crippen LogP contribution in [0.2, 0.25) is 0 Å². The Morgan fingerprint density at radius 3 is 2.60 bits per heavy atom. The molecule has 1 aromatic carbocycles. The van der Waals surface area contributed by atoms with E-state index in [2.05, 4.69) is 19.2 Å². The third-order valence-corrected chi connectivity index (χ3v) is 3.41. The Hall–Kier alpha value is -1.07. The number of hydrogen-bond donors (Lipinski definition) is 1. The van der Waals surface area contributed by atoms with Crippen LogP contribution in [0.15, 0.2) is 24.3 Å². The van der Waals surface area contributed by atoms with E-state index in [1.54, 1.807) is 6.07 Å². The van der Waals surface area contributed by atoms with Gasteiger partial charge in [-0.2, -0.15) is 13.2 Å². The van der Waals surface area contributed by atoms with Gasteiger partial charge in [0, 0.05) is 13.1 Å². The highest BCUT2D eigenvalue weighted by Crippen LogP contribution is 2.36. The van der Waals surface area contributed by atoms with Crippen LogP contribution in [0.25, 0.3) is 0 Å². The zero-order valence-electron chi connectivity index (χ0n) is 11.7. The van der Waals surface area contributed by atoms with Gasteiger partial charge in [0.25, 0.3) is 0 Å². The molecule has 5 heteroatoms. The van der Waals surface area contributed by atoms with Gasteiger partial charge in [-0.05, 0) is 24.0 Å². The molecule has 2 atom stereocenters. The topological polar surface area (TPSA) is 21.3 Å². The van der Waals surface area contributed by atoms with Crippen molar-refractivity contribution >= 4 is 0 Å². The Morgan fingerprint density at radius 2 is 1.95 bits per heavy atom. The van der Waals surface area contributed by atoms with Crippen molar-refractivity contribution in [1.82, 2.24) is 5.32 Å². The summed E-state index contributed by atoms with van der Waals surface area (Å²) in [4.78, 5) is 0. The van der Waals surface area contributed by atoms with Crippen LogP contribution < -0.4 is 5.32 Å². The van der Waals surface area contributed by atoms with E-state index in [0.29, 0.717) is 19.0 Å². The lowest BCUT2D eigenvalue weighted by Crippen LogP contribution is -2.41. The summed E-state index contributed by atoms with van der Waals surface area (Å²) in [5.74, 6) is 0.457. The molecule has 0 amide bonds. The van der Waals surface area contributed by atoms with Gasteiger partial charge in [-0.3, -0.25) is 0 Å². The van der Waals surface area contributed by atoms with Gasteiger partial charge in [-0.1, -0.05) is 32.0 Å². The van der Waals surface area contributed by atoms with Crippen molar-refractivity contribution in [3.8, 4) is 0 Å². The molecule has 0 bridgehead atoms. The van der Waals surface area contributed by atoms with Gasteiger partial charge in [-0.25, -0.2) is 0 Å². The zero-order chi connectivity index (χ0) is 14.8. The number of benzene rings is 1. The molecule has 1 saturated heterocycles. The van der Waals surface area contributed by atoms with Crippen LogP contribution in [0, 0.1) is 5.92 Å². The van der Waals surface area contributed by atoms with Gasteiger partial charge in [0.05, 0.1) is 17.8 Å². The minimum absolute atomic E-state index is 0.0324. The molecule has 2 unspecified atom stereocenters. The predicted molar refractivity (Wildman–Crippen MR) is 71.4 cm³/mol. The van der Waals surface area contributed by atoms with Gasteiger partial charge in [0.15, 0.2) is 0 Å². The van der Waals surface area contributed by atoms with E-state index in [4.69, 9.17) is 4.74 Å². The first-order valence-corrected chi connectivity index (χ1v) is 6.90. The molecule has 1 fully saturated rings. The summed E-state index contributed by atoms with van der Waals surface area (Å²) in [5, 5.41) is 3.18. The SMILES string of the molecule is CC(C)CC1CNCC(c2ccccc2C(F)(F)F)O1. The first kappa shape index (κ1) is 15.3. The molecule has 0 radical (unpaired) electrons. The van der Waals surface area contributed by atoms with Gasteiger partial charge in [-0.15, -0.1) is 0 Å². The standard InChI is InChI=1S/C15H20F3NO/c1-10(2)7-11-8-19-9-14(20-11)12-5-3-4-6-13(12)15(16,17)18/h3-6,10-11,14,19H,7-9H2,1-2H3. The Kier molecular flexibility index (Phi) is 4.70. The fraction of sp³-hybridized carbons (Fsp3) is 0.600. The smallest absolute Gasteiger partial charge is 0.368 e. The molecule has 1 aliphatic rings. The maximum atomic E-state index is 13.0. The van der Waals surface area contributed by atoms with Crippen LogP contribution >= 0.6 is 0 Å². The van der Waals surface area contributed by atoms with Crippen molar-refractivity contribution in [2.45, 2.75) is 38.7 Å². The lowest BCUT2D eigenvalue weighted by Gasteiger charge is -2.33. The number of rotatable bonds is 3. The Labute approximate surface area is 117 Å². The fourth-order valence-electron chi connectivity index (χ4n) is 2.59. The lowest BCUT2D eigenvalue weighted by molar-refractivity contribution is -0.140. The summed E-state index contributed by atoms with van der Waals surface area (Å²) >= 11 is 0. The average Bonchev–Trinajstić information content (AvgIpc) is 2.37. The Balaban J connectivity index is 2.19. The third-order valence-electron chi connectivity index (χ3n) is 3.41. The number of morpholine rings is 1. The molecule has 0 spiro atoms. The first-order valence-electron chi connectivity index (χ1n) is 6.90. The normalized spacial score (nSPS) is 24.1. The number of alkyl halides is 3. The molecule has 0 aromatic heterocycles. The predicted octanol–water partition coefficient (Wildman–Crippen LogP) is 3.78. The zero-order valence-corrected chi connectivity index (χ0v) is 11.7. The van der Waals surface area contributed by atoms with Crippen molar-refractivity contribution in [3.05, 3.63) is 35.4 Å². The van der Waals surface area contributed by atoms with E-state index in [1.165, 1.54) is 12.1 Å². The van der Waals surface area contributed by atoms with E-state index in [-0.39, 0.29) is 11.7 Å². The summed E-state index contributed by atoms with van der Waals surface area (Å²) in [6.07, 6.45) is -4.07. The maximum Gasteiger partial charge on any atom is 0.416 e. The molecule has 112 valence electrons. The summed E-state index contributed by atoms with van der Waals surface area (Å²) < 4.78 is 45.0. The maximum absolute atomic E-state index is 13.0. The Bertz CT molecular complexity index is 445. The van der Waals surface area contributed by atoms with Crippen molar-refractivity contribution in [3.63, 3.8) is 0 Å². The van der Waals surface area contributed by atoms with Crippen LogP contribution in [0.5, 0.6) is 0 Å². The van der Waals surface area contributed by atoms with Crippen molar-refractivity contribution in [2.24, 2.45) is 5.92 Å². The summed E-state index contributed by atoms with van der Waals surface area (Å²) in [7, 11) is 0. The van der Waals surface area contributed by atoms with Gasteiger partial charge in [0.2, 0.25) is 0 Å². The van der Waals surface area contributed by atoms with Crippen LogP contribution in [-0.2, 0) is 10.9 Å². The van der Waals surface area contributed by atoms with Gasteiger partial charge in [0.1, 0.15) is 0 Å². The highest BCUT2D eigenvalue weighted by Gasteiger charge is 2.36. The second-order valence-corrected chi connectivity index (χ2v) is 5.62.